The molecule has 1 aliphatic carbocycles. The first kappa shape index (κ1) is 31.0. The number of methoxy groups -OCH3 is 1. The van der Waals surface area contributed by atoms with Gasteiger partial charge in [0.05, 0.1) is 31.9 Å². The second-order valence-electron chi connectivity index (χ2n) is 11.3. The van der Waals surface area contributed by atoms with Gasteiger partial charge in [-0.05, 0) is 62.2 Å². The van der Waals surface area contributed by atoms with E-state index in [9.17, 15) is 19.5 Å². The number of fused-ring (bicyclic) bond motifs is 1. The van der Waals surface area contributed by atoms with E-state index in [1.54, 1.807) is 73.3 Å². The van der Waals surface area contributed by atoms with Crippen molar-refractivity contribution in [2.45, 2.75) is 64.1 Å². The Bertz CT molecular complexity index is 1230. The van der Waals surface area contributed by atoms with Crippen molar-refractivity contribution >= 4 is 29.3 Å². The lowest BCUT2D eigenvalue weighted by Gasteiger charge is -2.38. The standard InChI is InChI=1S/C31H43N5O6/c1-20-17-36(21(2)19-37)29(38)26-16-24(33-30(39)32-23-10-13-25(41-4)14-11-23)12-15-27(26)42-28(20)18-35(3)31(40)34-22-8-6-5-7-9-22/h10-16,20-22,28,37H,5-9,17-19H2,1-4H3,(H,34,40)(H2,32,33,39)/t20-,21+,28+/m0/s1. The van der Waals surface area contributed by atoms with Crippen molar-refractivity contribution in [1.82, 2.24) is 15.1 Å². The quantitative estimate of drug-likeness (QED) is 0.362. The number of rotatable bonds is 8. The smallest absolute Gasteiger partial charge is 0.323 e. The number of hydrogen-bond acceptors (Lipinski definition) is 6. The van der Waals surface area contributed by atoms with Gasteiger partial charge >= 0.3 is 12.1 Å². The summed E-state index contributed by atoms with van der Waals surface area (Å²) < 4.78 is 11.5. The molecule has 11 nitrogen and oxygen atoms in total. The lowest BCUT2D eigenvalue weighted by Crippen LogP contribution is -2.52. The number of ether oxygens (including phenoxy) is 2. The average Bonchev–Trinajstić information content (AvgIpc) is 2.99. The molecule has 228 valence electrons. The maximum absolute atomic E-state index is 13.7. The minimum Gasteiger partial charge on any atom is -0.497 e. The van der Waals surface area contributed by atoms with Gasteiger partial charge in [0, 0.05) is 36.9 Å². The number of urea groups is 2. The normalized spacial score (nSPS) is 19.8. The van der Waals surface area contributed by atoms with Gasteiger partial charge in [0.15, 0.2) is 0 Å². The van der Waals surface area contributed by atoms with Crippen LogP contribution in [-0.4, -0.2) is 84.9 Å². The van der Waals surface area contributed by atoms with Crippen LogP contribution in [0.25, 0.3) is 0 Å². The molecule has 4 rings (SSSR count). The summed E-state index contributed by atoms with van der Waals surface area (Å²) in [7, 11) is 3.32. The van der Waals surface area contributed by atoms with E-state index in [0.717, 1.165) is 25.7 Å². The summed E-state index contributed by atoms with van der Waals surface area (Å²) in [6, 6.07) is 11.0. The number of likely N-dealkylation sites (N-methyl/N-ethyl adjacent to an activating group) is 1. The summed E-state index contributed by atoms with van der Waals surface area (Å²) in [6.07, 6.45) is 5.04. The Morgan fingerprint density at radius 2 is 1.76 bits per heavy atom. The van der Waals surface area contributed by atoms with E-state index in [2.05, 4.69) is 16.0 Å². The molecular weight excluding hydrogens is 538 g/mol. The van der Waals surface area contributed by atoms with Crippen molar-refractivity contribution in [2.75, 3.05) is 44.5 Å². The van der Waals surface area contributed by atoms with Crippen LogP contribution < -0.4 is 25.4 Å². The summed E-state index contributed by atoms with van der Waals surface area (Å²) in [5, 5.41) is 18.6. The fourth-order valence-electron chi connectivity index (χ4n) is 5.37. The average molecular weight is 582 g/mol. The number of aliphatic hydroxyl groups excluding tert-OH is 1. The van der Waals surface area contributed by atoms with Gasteiger partial charge in [-0.25, -0.2) is 9.59 Å². The van der Waals surface area contributed by atoms with Crippen LogP contribution in [0.4, 0.5) is 21.0 Å². The van der Waals surface area contributed by atoms with Crippen LogP contribution in [-0.2, 0) is 0 Å². The zero-order valence-corrected chi connectivity index (χ0v) is 24.9. The molecule has 0 spiro atoms. The van der Waals surface area contributed by atoms with Crippen LogP contribution >= 0.6 is 0 Å². The number of hydrogen-bond donors (Lipinski definition) is 4. The topological polar surface area (TPSA) is 132 Å². The third-order valence-electron chi connectivity index (χ3n) is 8.00. The molecule has 4 N–H and O–H groups in total. The van der Waals surface area contributed by atoms with Crippen molar-refractivity contribution in [1.29, 1.82) is 0 Å². The maximum atomic E-state index is 13.7. The number of nitrogens with one attached hydrogen (secondary N) is 3. The highest BCUT2D eigenvalue weighted by Gasteiger charge is 2.34. The number of carbonyl (C=O) groups is 3. The summed E-state index contributed by atoms with van der Waals surface area (Å²) in [5.74, 6) is 0.592. The summed E-state index contributed by atoms with van der Waals surface area (Å²) >= 11 is 0. The van der Waals surface area contributed by atoms with Gasteiger partial charge in [-0.15, -0.1) is 0 Å². The first-order chi connectivity index (χ1) is 20.2. The predicted molar refractivity (Wildman–Crippen MR) is 161 cm³/mol. The molecule has 2 aromatic carbocycles. The zero-order chi connectivity index (χ0) is 30.2. The molecule has 2 aliphatic rings. The predicted octanol–water partition coefficient (Wildman–Crippen LogP) is 4.53. The number of anilines is 2. The molecule has 0 bridgehead atoms. The van der Waals surface area contributed by atoms with Crippen LogP contribution in [0, 0.1) is 5.92 Å². The minimum atomic E-state index is -0.475. The fourth-order valence-corrected chi connectivity index (χ4v) is 5.37. The van der Waals surface area contributed by atoms with Crippen LogP contribution in [0.3, 0.4) is 0 Å². The van der Waals surface area contributed by atoms with Crippen LogP contribution in [0.5, 0.6) is 11.5 Å². The zero-order valence-electron chi connectivity index (χ0n) is 24.9. The molecule has 42 heavy (non-hydrogen) atoms. The van der Waals surface area contributed by atoms with Crippen molar-refractivity contribution in [3.05, 3.63) is 48.0 Å². The fraction of sp³-hybridized carbons (Fsp3) is 0.516. The van der Waals surface area contributed by atoms with Crippen LogP contribution in [0.1, 0.15) is 56.3 Å². The van der Waals surface area contributed by atoms with Crippen molar-refractivity contribution in [3.63, 3.8) is 0 Å². The highest BCUT2D eigenvalue weighted by atomic mass is 16.5. The molecule has 0 radical (unpaired) electrons. The molecule has 11 heteroatoms. The van der Waals surface area contributed by atoms with Gasteiger partial charge in [-0.1, -0.05) is 26.2 Å². The van der Waals surface area contributed by atoms with Gasteiger partial charge < -0.3 is 40.3 Å². The SMILES string of the molecule is COc1ccc(NC(=O)Nc2ccc3c(c2)C(=O)N([C@H](C)CO)C[C@H](C)[C@@H](CN(C)C(=O)NC2CCCCC2)O3)cc1. The lowest BCUT2D eigenvalue weighted by molar-refractivity contribution is 0.0366. The van der Waals surface area contributed by atoms with Gasteiger partial charge in [0.2, 0.25) is 0 Å². The Hall–Kier alpha value is -3.99. The Morgan fingerprint density at radius 3 is 2.43 bits per heavy atom. The molecule has 1 saturated carbocycles. The Morgan fingerprint density at radius 1 is 1.10 bits per heavy atom. The Labute approximate surface area is 247 Å². The molecular formula is C31H43N5O6. The molecule has 0 saturated heterocycles. The second-order valence-corrected chi connectivity index (χ2v) is 11.3. The largest absolute Gasteiger partial charge is 0.497 e. The van der Waals surface area contributed by atoms with E-state index in [0.29, 0.717) is 36.0 Å². The lowest BCUT2D eigenvalue weighted by atomic mass is 9.96. The van der Waals surface area contributed by atoms with Gasteiger partial charge in [-0.3, -0.25) is 4.79 Å². The number of carbonyl (C=O) groups excluding carboxylic acids is 3. The van der Waals surface area contributed by atoms with E-state index in [-0.39, 0.29) is 36.1 Å². The Kier molecular flexibility index (Phi) is 10.5. The number of nitrogens with zero attached hydrogens (tertiary/aromatic N) is 2. The number of amides is 5. The molecule has 2 aromatic rings. The first-order valence-corrected chi connectivity index (χ1v) is 14.6. The highest BCUT2D eigenvalue weighted by Crippen LogP contribution is 2.31. The molecule has 0 aromatic heterocycles. The molecule has 5 amide bonds. The summed E-state index contributed by atoms with van der Waals surface area (Å²) in [4.78, 5) is 42.6. The second kappa shape index (κ2) is 14.3. The molecule has 0 unspecified atom stereocenters. The van der Waals surface area contributed by atoms with Crippen molar-refractivity contribution in [2.24, 2.45) is 5.92 Å². The van der Waals surface area contributed by atoms with Crippen LogP contribution in [0.15, 0.2) is 42.5 Å². The molecule has 1 aliphatic heterocycles. The molecule has 1 fully saturated rings. The van der Waals surface area contributed by atoms with E-state index < -0.39 is 18.2 Å². The van der Waals surface area contributed by atoms with Crippen molar-refractivity contribution < 1.29 is 29.0 Å². The monoisotopic (exact) mass is 581 g/mol. The number of benzene rings is 2. The van der Waals surface area contributed by atoms with Gasteiger partial charge in [0.1, 0.15) is 17.6 Å². The summed E-state index contributed by atoms with van der Waals surface area (Å²) in [5.41, 5.74) is 1.25. The Balaban J connectivity index is 1.51. The van der Waals surface area contributed by atoms with E-state index in [1.165, 1.54) is 6.42 Å². The van der Waals surface area contributed by atoms with E-state index in [1.807, 2.05) is 6.92 Å². The third-order valence-corrected chi connectivity index (χ3v) is 8.00. The minimum absolute atomic E-state index is 0.130. The molecule has 3 atom stereocenters. The van der Waals surface area contributed by atoms with Gasteiger partial charge in [-0.2, -0.15) is 0 Å². The van der Waals surface area contributed by atoms with Crippen LogP contribution in [0.2, 0.25) is 0 Å². The van der Waals surface area contributed by atoms with Crippen molar-refractivity contribution in [3.8, 4) is 11.5 Å². The van der Waals surface area contributed by atoms with E-state index >= 15 is 0 Å². The first-order valence-electron chi connectivity index (χ1n) is 14.6. The maximum Gasteiger partial charge on any atom is 0.323 e. The van der Waals surface area contributed by atoms with E-state index in [4.69, 9.17) is 9.47 Å². The number of aliphatic hydroxyl groups is 1. The third kappa shape index (κ3) is 7.84. The summed E-state index contributed by atoms with van der Waals surface area (Å²) in [6.45, 7) is 4.21. The highest BCUT2D eigenvalue weighted by molar-refractivity contribution is 6.02. The molecule has 1 heterocycles. The van der Waals surface area contributed by atoms with Gasteiger partial charge in [0.25, 0.3) is 5.91 Å².